The van der Waals surface area contributed by atoms with Crippen LogP contribution in [0.3, 0.4) is 0 Å². The number of hydrazine groups is 1. The van der Waals surface area contributed by atoms with Crippen molar-refractivity contribution < 1.29 is 0 Å². The molecule has 1 aromatic carbocycles. The van der Waals surface area contributed by atoms with Crippen LogP contribution in [0.2, 0.25) is 0 Å². The van der Waals surface area contributed by atoms with E-state index in [1.165, 1.54) is 0 Å². The molecular formula is C13H14N4. The topological polar surface area (TPSA) is 63.8 Å². The minimum atomic E-state index is 0.0532. The highest BCUT2D eigenvalue weighted by Gasteiger charge is 2.09. The molecule has 0 amide bonds. The van der Waals surface area contributed by atoms with Crippen LogP contribution in [0, 0.1) is 12.3 Å². The molecule has 0 saturated carbocycles. The molecule has 17 heavy (non-hydrogen) atoms. The van der Waals surface area contributed by atoms with Crippen LogP contribution in [0.4, 0.5) is 0 Å². The molecule has 0 spiro atoms. The van der Waals surface area contributed by atoms with Gasteiger partial charge in [0.15, 0.2) is 0 Å². The molecule has 1 aromatic heterocycles. The third kappa shape index (κ3) is 2.59. The van der Waals surface area contributed by atoms with Crippen molar-refractivity contribution in [2.24, 2.45) is 5.84 Å². The fourth-order valence-corrected chi connectivity index (χ4v) is 1.77. The number of nitrogens with one attached hydrogen (secondary N) is 1. The Bertz CT molecular complexity index is 544. The van der Waals surface area contributed by atoms with Crippen LogP contribution in [0.15, 0.2) is 30.6 Å². The second-order valence-electron chi connectivity index (χ2n) is 3.77. The number of terminal acetylenes is 1. The number of benzene rings is 1. The summed E-state index contributed by atoms with van der Waals surface area (Å²) in [5.41, 5.74) is 5.60. The largest absolute Gasteiger partial charge is 0.271 e. The molecule has 0 aliphatic carbocycles. The lowest BCUT2D eigenvalue weighted by Crippen LogP contribution is -2.27. The summed E-state index contributed by atoms with van der Waals surface area (Å²) in [6.45, 7) is 0. The van der Waals surface area contributed by atoms with Gasteiger partial charge < -0.3 is 0 Å². The lowest BCUT2D eigenvalue weighted by Gasteiger charge is -2.15. The van der Waals surface area contributed by atoms with Crippen molar-refractivity contribution in [2.45, 2.75) is 18.9 Å². The quantitative estimate of drug-likeness (QED) is 0.471. The summed E-state index contributed by atoms with van der Waals surface area (Å²) in [6, 6.07) is 5.98. The molecule has 0 aliphatic heterocycles. The summed E-state index contributed by atoms with van der Waals surface area (Å²) in [5.74, 6) is 8.15. The van der Waals surface area contributed by atoms with Crippen molar-refractivity contribution in [3.63, 3.8) is 0 Å². The molecular weight excluding hydrogens is 212 g/mol. The SMILES string of the molecule is C#CCCC(NN)c1ccc2nccnc2c1. The fraction of sp³-hybridized carbons (Fsp3) is 0.231. The van der Waals surface area contributed by atoms with Gasteiger partial charge in [-0.2, -0.15) is 0 Å². The minimum absolute atomic E-state index is 0.0532. The van der Waals surface area contributed by atoms with Crippen molar-refractivity contribution in [2.75, 3.05) is 0 Å². The predicted octanol–water partition coefficient (Wildman–Crippen LogP) is 1.55. The average Bonchev–Trinajstić information content (AvgIpc) is 2.39. The number of rotatable bonds is 4. The zero-order valence-electron chi connectivity index (χ0n) is 9.43. The number of hydrogen-bond donors (Lipinski definition) is 2. The summed E-state index contributed by atoms with van der Waals surface area (Å²) in [7, 11) is 0. The van der Waals surface area contributed by atoms with E-state index in [1.807, 2.05) is 18.2 Å². The van der Waals surface area contributed by atoms with E-state index >= 15 is 0 Å². The summed E-state index contributed by atoms with van der Waals surface area (Å²) in [4.78, 5) is 8.49. The Morgan fingerprint density at radius 1 is 1.29 bits per heavy atom. The first kappa shape index (κ1) is 11.5. The Kier molecular flexibility index (Phi) is 3.66. The van der Waals surface area contributed by atoms with Gasteiger partial charge in [-0.3, -0.25) is 21.2 Å². The second-order valence-corrected chi connectivity index (χ2v) is 3.77. The first-order valence-electron chi connectivity index (χ1n) is 5.45. The molecule has 0 bridgehead atoms. The van der Waals surface area contributed by atoms with Crippen LogP contribution < -0.4 is 11.3 Å². The summed E-state index contributed by atoms with van der Waals surface area (Å²) in [5, 5.41) is 0. The van der Waals surface area contributed by atoms with E-state index in [0.717, 1.165) is 23.0 Å². The van der Waals surface area contributed by atoms with Gasteiger partial charge in [0.05, 0.1) is 11.0 Å². The summed E-state index contributed by atoms with van der Waals surface area (Å²) in [6.07, 6.45) is 10.1. The van der Waals surface area contributed by atoms with E-state index in [4.69, 9.17) is 12.3 Å². The van der Waals surface area contributed by atoms with Crippen molar-refractivity contribution in [3.05, 3.63) is 36.2 Å². The van der Waals surface area contributed by atoms with Crippen molar-refractivity contribution >= 4 is 11.0 Å². The van der Waals surface area contributed by atoms with E-state index < -0.39 is 0 Å². The number of nitrogens with zero attached hydrogens (tertiary/aromatic N) is 2. The lowest BCUT2D eigenvalue weighted by molar-refractivity contribution is 0.524. The Labute approximate surface area is 100 Å². The number of nitrogens with two attached hydrogens (primary N) is 1. The van der Waals surface area contributed by atoms with Gasteiger partial charge in [-0.15, -0.1) is 12.3 Å². The maximum absolute atomic E-state index is 5.54. The molecule has 0 aliphatic rings. The standard InChI is InChI=1S/C13H14N4/c1-2-3-4-11(17-14)10-5-6-12-13(9-10)16-8-7-15-12/h1,5-9,11,17H,3-4,14H2. The first-order valence-corrected chi connectivity index (χ1v) is 5.45. The molecule has 0 saturated heterocycles. The zero-order chi connectivity index (χ0) is 12.1. The maximum atomic E-state index is 5.54. The van der Waals surface area contributed by atoms with Crippen LogP contribution in [0.25, 0.3) is 11.0 Å². The van der Waals surface area contributed by atoms with Crippen LogP contribution in [-0.4, -0.2) is 9.97 Å². The highest BCUT2D eigenvalue weighted by atomic mass is 15.2. The summed E-state index contributed by atoms with van der Waals surface area (Å²) >= 11 is 0. The smallest absolute Gasteiger partial charge is 0.0890 e. The highest BCUT2D eigenvalue weighted by Crippen LogP contribution is 2.20. The fourth-order valence-electron chi connectivity index (χ4n) is 1.77. The first-order chi connectivity index (χ1) is 8.35. The van der Waals surface area contributed by atoms with Gasteiger partial charge in [-0.1, -0.05) is 6.07 Å². The molecule has 4 nitrogen and oxygen atoms in total. The Hall–Kier alpha value is -1.96. The number of aromatic nitrogens is 2. The molecule has 3 N–H and O–H groups in total. The normalized spacial score (nSPS) is 12.2. The molecule has 2 rings (SSSR count). The van der Waals surface area contributed by atoms with Gasteiger partial charge in [0.2, 0.25) is 0 Å². The maximum Gasteiger partial charge on any atom is 0.0890 e. The third-order valence-electron chi connectivity index (χ3n) is 2.67. The Morgan fingerprint density at radius 3 is 2.76 bits per heavy atom. The van der Waals surface area contributed by atoms with Gasteiger partial charge in [-0.05, 0) is 24.1 Å². The lowest BCUT2D eigenvalue weighted by atomic mass is 10.0. The van der Waals surface area contributed by atoms with Crippen molar-refractivity contribution in [3.8, 4) is 12.3 Å². The van der Waals surface area contributed by atoms with Crippen LogP contribution in [0.1, 0.15) is 24.4 Å². The van der Waals surface area contributed by atoms with Gasteiger partial charge in [0.1, 0.15) is 0 Å². The van der Waals surface area contributed by atoms with Gasteiger partial charge in [0, 0.05) is 24.9 Å². The molecule has 0 radical (unpaired) electrons. The van der Waals surface area contributed by atoms with Crippen LogP contribution in [-0.2, 0) is 0 Å². The predicted molar refractivity (Wildman–Crippen MR) is 67.7 cm³/mol. The van der Waals surface area contributed by atoms with Gasteiger partial charge in [-0.25, -0.2) is 0 Å². The van der Waals surface area contributed by atoms with E-state index in [-0.39, 0.29) is 6.04 Å². The monoisotopic (exact) mass is 226 g/mol. The van der Waals surface area contributed by atoms with E-state index in [0.29, 0.717) is 6.42 Å². The Morgan fingerprint density at radius 2 is 2.06 bits per heavy atom. The average molecular weight is 226 g/mol. The van der Waals surface area contributed by atoms with E-state index in [2.05, 4.69) is 21.3 Å². The number of hydrogen-bond acceptors (Lipinski definition) is 4. The minimum Gasteiger partial charge on any atom is -0.271 e. The number of fused-ring (bicyclic) bond motifs is 1. The second kappa shape index (κ2) is 5.39. The van der Waals surface area contributed by atoms with Crippen LogP contribution >= 0.6 is 0 Å². The van der Waals surface area contributed by atoms with Gasteiger partial charge in [0.25, 0.3) is 0 Å². The molecule has 1 heterocycles. The Balaban J connectivity index is 2.31. The molecule has 0 fully saturated rings. The molecule has 1 atom stereocenters. The summed E-state index contributed by atoms with van der Waals surface area (Å²) < 4.78 is 0. The molecule has 86 valence electrons. The van der Waals surface area contributed by atoms with E-state index in [1.54, 1.807) is 12.4 Å². The van der Waals surface area contributed by atoms with Crippen molar-refractivity contribution in [1.29, 1.82) is 0 Å². The third-order valence-corrected chi connectivity index (χ3v) is 2.67. The molecule has 4 heteroatoms. The van der Waals surface area contributed by atoms with E-state index in [9.17, 15) is 0 Å². The highest BCUT2D eigenvalue weighted by molar-refractivity contribution is 5.74. The van der Waals surface area contributed by atoms with Crippen molar-refractivity contribution in [1.82, 2.24) is 15.4 Å². The van der Waals surface area contributed by atoms with Gasteiger partial charge >= 0.3 is 0 Å². The molecule has 1 unspecified atom stereocenters. The molecule has 2 aromatic rings. The zero-order valence-corrected chi connectivity index (χ0v) is 9.43. The van der Waals surface area contributed by atoms with Crippen LogP contribution in [0.5, 0.6) is 0 Å².